The average Bonchev–Trinajstić information content (AvgIpc) is 2.39. The predicted molar refractivity (Wildman–Crippen MR) is 72.3 cm³/mol. The van der Waals surface area contributed by atoms with Gasteiger partial charge in [-0.1, -0.05) is 6.07 Å². The number of aromatic carboxylic acids is 1. The standard InChI is InChI=1S/C14H15N3O2/c1-10-5-6-12(14(18)19)13(16-10)17(2)9-11-4-3-7-15-8-11/h3-8H,9H2,1-2H3,(H,18,19). The highest BCUT2D eigenvalue weighted by molar-refractivity contribution is 5.93. The van der Waals surface area contributed by atoms with Crippen LogP contribution in [0.2, 0.25) is 0 Å². The van der Waals surface area contributed by atoms with Crippen molar-refractivity contribution in [2.45, 2.75) is 13.5 Å². The van der Waals surface area contributed by atoms with Crippen molar-refractivity contribution in [3.8, 4) is 0 Å². The number of carbonyl (C=O) groups is 1. The molecule has 0 bridgehead atoms. The maximum Gasteiger partial charge on any atom is 0.339 e. The van der Waals surface area contributed by atoms with Crippen LogP contribution in [0, 0.1) is 6.92 Å². The van der Waals surface area contributed by atoms with Crippen molar-refractivity contribution in [3.05, 3.63) is 53.5 Å². The molecule has 98 valence electrons. The molecule has 0 saturated carbocycles. The summed E-state index contributed by atoms with van der Waals surface area (Å²) in [5.74, 6) is -0.503. The van der Waals surface area contributed by atoms with Crippen LogP contribution in [0.3, 0.4) is 0 Å². The van der Waals surface area contributed by atoms with E-state index in [4.69, 9.17) is 0 Å². The Morgan fingerprint density at radius 1 is 1.37 bits per heavy atom. The largest absolute Gasteiger partial charge is 0.478 e. The fourth-order valence-corrected chi connectivity index (χ4v) is 1.84. The Morgan fingerprint density at radius 3 is 2.79 bits per heavy atom. The lowest BCUT2D eigenvalue weighted by Gasteiger charge is -2.20. The van der Waals surface area contributed by atoms with Gasteiger partial charge in [0.25, 0.3) is 0 Å². The minimum atomic E-state index is -0.972. The number of carboxylic acids is 1. The zero-order valence-electron chi connectivity index (χ0n) is 10.9. The van der Waals surface area contributed by atoms with Gasteiger partial charge in [-0.05, 0) is 30.7 Å². The molecule has 0 aromatic carbocycles. The summed E-state index contributed by atoms with van der Waals surface area (Å²) in [4.78, 5) is 21.4. The topological polar surface area (TPSA) is 66.3 Å². The van der Waals surface area contributed by atoms with Gasteiger partial charge in [-0.15, -0.1) is 0 Å². The molecule has 0 atom stereocenters. The molecule has 5 heteroatoms. The van der Waals surface area contributed by atoms with Crippen LogP contribution in [-0.2, 0) is 6.54 Å². The molecule has 5 nitrogen and oxygen atoms in total. The molecule has 0 aliphatic heterocycles. The third-order valence-corrected chi connectivity index (χ3v) is 2.75. The number of hydrogen-bond acceptors (Lipinski definition) is 4. The summed E-state index contributed by atoms with van der Waals surface area (Å²) in [7, 11) is 1.82. The van der Waals surface area contributed by atoms with Crippen molar-refractivity contribution in [2.75, 3.05) is 11.9 Å². The summed E-state index contributed by atoms with van der Waals surface area (Å²) >= 11 is 0. The van der Waals surface area contributed by atoms with Gasteiger partial charge < -0.3 is 10.0 Å². The Bertz CT molecular complexity index is 584. The smallest absolute Gasteiger partial charge is 0.339 e. The summed E-state index contributed by atoms with van der Waals surface area (Å²) in [5, 5.41) is 9.19. The Kier molecular flexibility index (Phi) is 3.75. The van der Waals surface area contributed by atoms with Crippen LogP contribution >= 0.6 is 0 Å². The molecule has 0 aliphatic rings. The molecule has 0 fully saturated rings. The minimum Gasteiger partial charge on any atom is -0.478 e. The van der Waals surface area contributed by atoms with Gasteiger partial charge in [-0.2, -0.15) is 0 Å². The van der Waals surface area contributed by atoms with Crippen molar-refractivity contribution in [1.82, 2.24) is 9.97 Å². The first-order valence-corrected chi connectivity index (χ1v) is 5.89. The van der Waals surface area contributed by atoms with Crippen molar-refractivity contribution in [1.29, 1.82) is 0 Å². The summed E-state index contributed by atoms with van der Waals surface area (Å²) < 4.78 is 0. The molecule has 0 aliphatic carbocycles. The van der Waals surface area contributed by atoms with Crippen LogP contribution in [0.1, 0.15) is 21.6 Å². The maximum absolute atomic E-state index is 11.2. The lowest BCUT2D eigenvalue weighted by Crippen LogP contribution is -2.21. The molecule has 2 aromatic heterocycles. The number of aromatic nitrogens is 2. The molecule has 1 N–H and O–H groups in total. The first-order valence-electron chi connectivity index (χ1n) is 5.89. The molecule has 0 saturated heterocycles. The summed E-state index contributed by atoms with van der Waals surface area (Å²) in [6.07, 6.45) is 3.46. The number of nitrogens with zero attached hydrogens (tertiary/aromatic N) is 3. The second kappa shape index (κ2) is 5.48. The van der Waals surface area contributed by atoms with E-state index in [2.05, 4.69) is 9.97 Å². The number of hydrogen-bond donors (Lipinski definition) is 1. The number of pyridine rings is 2. The Morgan fingerprint density at radius 2 is 2.16 bits per heavy atom. The van der Waals surface area contributed by atoms with Crippen LogP contribution in [0.4, 0.5) is 5.82 Å². The zero-order valence-corrected chi connectivity index (χ0v) is 10.9. The van der Waals surface area contributed by atoms with E-state index in [0.29, 0.717) is 12.4 Å². The van der Waals surface area contributed by atoms with Crippen LogP contribution in [0.5, 0.6) is 0 Å². The van der Waals surface area contributed by atoms with Crippen LogP contribution in [-0.4, -0.2) is 28.1 Å². The highest BCUT2D eigenvalue weighted by atomic mass is 16.4. The first-order chi connectivity index (χ1) is 9.08. The third-order valence-electron chi connectivity index (χ3n) is 2.75. The maximum atomic E-state index is 11.2. The summed E-state index contributed by atoms with van der Waals surface area (Å²) in [5.41, 5.74) is 2.00. The van der Waals surface area contributed by atoms with Crippen LogP contribution in [0.25, 0.3) is 0 Å². The lowest BCUT2D eigenvalue weighted by atomic mass is 10.2. The third kappa shape index (κ3) is 3.07. The zero-order chi connectivity index (χ0) is 13.8. The van der Waals surface area contributed by atoms with Gasteiger partial charge in [0.2, 0.25) is 0 Å². The molecular weight excluding hydrogens is 242 g/mol. The quantitative estimate of drug-likeness (QED) is 0.908. The van der Waals surface area contributed by atoms with E-state index in [-0.39, 0.29) is 5.56 Å². The molecule has 0 amide bonds. The summed E-state index contributed by atoms with van der Waals surface area (Å²) in [6, 6.07) is 7.08. The number of rotatable bonds is 4. The van der Waals surface area contributed by atoms with Gasteiger partial charge in [0.15, 0.2) is 0 Å². The molecule has 2 aromatic rings. The van der Waals surface area contributed by atoms with Gasteiger partial charge in [0.05, 0.1) is 0 Å². The fourth-order valence-electron chi connectivity index (χ4n) is 1.84. The fraction of sp³-hybridized carbons (Fsp3) is 0.214. The Labute approximate surface area is 111 Å². The average molecular weight is 257 g/mol. The summed E-state index contributed by atoms with van der Waals surface area (Å²) in [6.45, 7) is 2.40. The van der Waals surface area contributed by atoms with E-state index in [9.17, 15) is 9.90 Å². The highest BCUT2D eigenvalue weighted by Gasteiger charge is 2.15. The van der Waals surface area contributed by atoms with Gasteiger partial charge in [-0.25, -0.2) is 9.78 Å². The van der Waals surface area contributed by atoms with E-state index in [1.165, 1.54) is 0 Å². The molecule has 2 rings (SSSR count). The van der Waals surface area contributed by atoms with E-state index in [1.54, 1.807) is 24.5 Å². The molecule has 2 heterocycles. The number of aryl methyl sites for hydroxylation is 1. The van der Waals surface area contributed by atoms with Gasteiger partial charge in [0, 0.05) is 31.7 Å². The second-order valence-electron chi connectivity index (χ2n) is 4.35. The predicted octanol–water partition coefficient (Wildman–Crippen LogP) is 2.12. The normalized spacial score (nSPS) is 10.2. The van der Waals surface area contributed by atoms with Crippen molar-refractivity contribution in [3.63, 3.8) is 0 Å². The first kappa shape index (κ1) is 13.0. The van der Waals surface area contributed by atoms with Crippen molar-refractivity contribution < 1.29 is 9.90 Å². The monoisotopic (exact) mass is 257 g/mol. The van der Waals surface area contributed by atoms with E-state index >= 15 is 0 Å². The second-order valence-corrected chi connectivity index (χ2v) is 4.35. The van der Waals surface area contributed by atoms with Gasteiger partial charge in [0.1, 0.15) is 11.4 Å². The van der Waals surface area contributed by atoms with Crippen LogP contribution < -0.4 is 4.90 Å². The number of carboxylic acid groups (broad SMARTS) is 1. The Hall–Kier alpha value is -2.43. The van der Waals surface area contributed by atoms with E-state index < -0.39 is 5.97 Å². The van der Waals surface area contributed by atoms with Crippen molar-refractivity contribution in [2.24, 2.45) is 0 Å². The van der Waals surface area contributed by atoms with E-state index in [1.807, 2.05) is 31.0 Å². The molecule has 0 unspecified atom stereocenters. The minimum absolute atomic E-state index is 0.206. The van der Waals surface area contributed by atoms with E-state index in [0.717, 1.165) is 11.3 Å². The van der Waals surface area contributed by atoms with Gasteiger partial charge in [-0.3, -0.25) is 4.98 Å². The number of anilines is 1. The highest BCUT2D eigenvalue weighted by Crippen LogP contribution is 2.19. The molecule has 19 heavy (non-hydrogen) atoms. The molecule has 0 spiro atoms. The van der Waals surface area contributed by atoms with Crippen molar-refractivity contribution >= 4 is 11.8 Å². The molecule has 0 radical (unpaired) electrons. The van der Waals surface area contributed by atoms with Gasteiger partial charge >= 0.3 is 5.97 Å². The van der Waals surface area contributed by atoms with Crippen LogP contribution in [0.15, 0.2) is 36.7 Å². The SMILES string of the molecule is Cc1ccc(C(=O)O)c(N(C)Cc2cccnc2)n1. The molecular formula is C14H15N3O2. The lowest BCUT2D eigenvalue weighted by molar-refractivity contribution is 0.0697. The Balaban J connectivity index is 2.30.